The van der Waals surface area contributed by atoms with Gasteiger partial charge in [0, 0.05) is 27.8 Å². The fraction of sp³-hybridized carbons (Fsp3) is 0.121. The molecule has 2 amide bonds. The number of fused-ring (bicyclic) bond motifs is 3. The molecule has 0 aliphatic carbocycles. The van der Waals surface area contributed by atoms with Crippen LogP contribution in [0.2, 0.25) is 0 Å². The molecule has 232 valence electrons. The van der Waals surface area contributed by atoms with Crippen LogP contribution in [0.25, 0.3) is 21.5 Å². The molecule has 5 aromatic rings. The maximum absolute atomic E-state index is 15.0. The predicted octanol–water partition coefficient (Wildman–Crippen LogP) is 7.17. The average Bonchev–Trinajstić information content (AvgIpc) is 3.31. The lowest BCUT2D eigenvalue weighted by atomic mass is 9.88. The molecular formula is C33H18F6N2O5. The molecule has 0 saturated carbocycles. The van der Waals surface area contributed by atoms with Crippen molar-refractivity contribution in [2.75, 3.05) is 10.2 Å². The highest BCUT2D eigenvalue weighted by atomic mass is 19.4. The molecule has 0 radical (unpaired) electrons. The molecule has 5 aromatic carbocycles. The summed E-state index contributed by atoms with van der Waals surface area (Å²) in [7, 11) is 0. The molecule has 0 aromatic heterocycles. The summed E-state index contributed by atoms with van der Waals surface area (Å²) in [6.45, 7) is 0. The summed E-state index contributed by atoms with van der Waals surface area (Å²) >= 11 is 0. The number of aliphatic hydroxyl groups excluding tert-OH is 1. The summed E-state index contributed by atoms with van der Waals surface area (Å²) in [4.78, 5) is 41.4. The minimum absolute atomic E-state index is 0.0805. The van der Waals surface area contributed by atoms with Gasteiger partial charge in [-0.2, -0.15) is 26.3 Å². The Hall–Kier alpha value is -5.43. The van der Waals surface area contributed by atoms with Crippen molar-refractivity contribution in [3.05, 3.63) is 119 Å². The third kappa shape index (κ3) is 4.08. The number of hydrogen-bond donors (Lipinski definition) is 2. The second-order valence-electron chi connectivity index (χ2n) is 10.8. The molecule has 13 heteroatoms. The first-order valence-corrected chi connectivity index (χ1v) is 13.6. The van der Waals surface area contributed by atoms with Gasteiger partial charge in [0.2, 0.25) is 0 Å². The first-order chi connectivity index (χ1) is 21.7. The zero-order valence-electron chi connectivity index (χ0n) is 23.0. The van der Waals surface area contributed by atoms with Crippen molar-refractivity contribution in [1.82, 2.24) is 0 Å². The number of halogens is 6. The highest BCUT2D eigenvalue weighted by Crippen LogP contribution is 2.54. The number of ether oxygens (including phenoxy) is 1. The summed E-state index contributed by atoms with van der Waals surface area (Å²) in [5.74, 6) is -3.52. The van der Waals surface area contributed by atoms with E-state index in [0.29, 0.717) is 16.4 Å². The van der Waals surface area contributed by atoms with Gasteiger partial charge >= 0.3 is 18.3 Å². The van der Waals surface area contributed by atoms with E-state index in [2.05, 4.69) is 5.32 Å². The van der Waals surface area contributed by atoms with E-state index >= 15 is 13.2 Å². The Morgan fingerprint density at radius 3 is 2.20 bits per heavy atom. The number of carbonyl (C=O) groups is 3. The average molecular weight is 637 g/mol. The molecule has 7 nitrogen and oxygen atoms in total. The molecule has 46 heavy (non-hydrogen) atoms. The Morgan fingerprint density at radius 2 is 1.48 bits per heavy atom. The maximum Gasteiger partial charge on any atom is 0.437 e. The molecule has 7 rings (SSSR count). The van der Waals surface area contributed by atoms with Gasteiger partial charge < -0.3 is 15.2 Å². The van der Waals surface area contributed by atoms with Crippen LogP contribution in [-0.4, -0.2) is 35.3 Å². The van der Waals surface area contributed by atoms with Crippen LogP contribution >= 0.6 is 0 Å². The molecule has 0 spiro atoms. The number of nitrogens with one attached hydrogen (secondary N) is 1. The number of imide groups is 1. The van der Waals surface area contributed by atoms with E-state index in [1.165, 1.54) is 36.4 Å². The van der Waals surface area contributed by atoms with Crippen LogP contribution in [0.15, 0.2) is 91.0 Å². The highest BCUT2D eigenvalue weighted by molar-refractivity contribution is 6.36. The minimum Gasteiger partial charge on any atom is -0.436 e. The number of amides is 2. The Morgan fingerprint density at radius 1 is 0.804 bits per heavy atom. The smallest absolute Gasteiger partial charge is 0.436 e. The Kier molecular flexibility index (Phi) is 6.23. The van der Waals surface area contributed by atoms with E-state index in [-0.39, 0.29) is 38.7 Å². The Balaban J connectivity index is 1.34. The summed E-state index contributed by atoms with van der Waals surface area (Å²) in [5.41, 5.74) is -6.39. The van der Waals surface area contributed by atoms with Crippen molar-refractivity contribution in [1.29, 1.82) is 0 Å². The third-order valence-electron chi connectivity index (χ3n) is 8.21. The Bertz CT molecular complexity index is 2120. The zero-order chi connectivity index (χ0) is 32.8. The fourth-order valence-electron chi connectivity index (χ4n) is 6.17. The molecule has 0 bridgehead atoms. The van der Waals surface area contributed by atoms with Crippen LogP contribution in [0.1, 0.15) is 42.2 Å². The zero-order valence-corrected chi connectivity index (χ0v) is 23.0. The lowest BCUT2D eigenvalue weighted by molar-refractivity contribution is -0.287. The van der Waals surface area contributed by atoms with E-state index in [1.54, 1.807) is 18.2 Å². The summed E-state index contributed by atoms with van der Waals surface area (Å²) in [6.07, 6.45) is -12.5. The third-order valence-corrected chi connectivity index (χ3v) is 8.21. The summed E-state index contributed by atoms with van der Waals surface area (Å²) in [5, 5.41) is 13.4. The lowest BCUT2D eigenvalue weighted by Gasteiger charge is -2.35. The Labute approximate surface area is 254 Å². The van der Waals surface area contributed by atoms with Crippen LogP contribution in [0, 0.1) is 0 Å². The van der Waals surface area contributed by atoms with Gasteiger partial charge in [0.15, 0.2) is 6.23 Å². The van der Waals surface area contributed by atoms with Crippen LogP contribution in [-0.2, 0) is 16.5 Å². The highest BCUT2D eigenvalue weighted by Gasteiger charge is 2.68. The number of aliphatic hydroxyl groups is 1. The first kappa shape index (κ1) is 29.3. The van der Waals surface area contributed by atoms with E-state index in [4.69, 9.17) is 4.74 Å². The number of anilines is 2. The second kappa shape index (κ2) is 9.78. The van der Waals surface area contributed by atoms with Crippen molar-refractivity contribution in [2.24, 2.45) is 0 Å². The largest absolute Gasteiger partial charge is 0.437 e. The standard InChI is InChI=1S/C33H18F6N2O5/c34-32(35,36)17-6-3-7-18(15-17)41-27(42)22-10-4-9-20-21(12-13-23(25(20)22)28(41)43)29(44)46-31(33(37,38)39)26-19-8-2-1-5-16(19)11-14-24(26)40-30(31)45/h1-15,30,40,45H/t30-,31-/m0/s1. The molecule has 2 heterocycles. The van der Waals surface area contributed by atoms with Crippen molar-refractivity contribution in [3.8, 4) is 0 Å². The van der Waals surface area contributed by atoms with Crippen molar-refractivity contribution >= 4 is 50.7 Å². The molecule has 0 unspecified atom stereocenters. The van der Waals surface area contributed by atoms with Crippen molar-refractivity contribution < 1.29 is 50.6 Å². The molecule has 2 atom stereocenters. The van der Waals surface area contributed by atoms with Gasteiger partial charge in [-0.15, -0.1) is 0 Å². The maximum atomic E-state index is 15.0. The number of esters is 1. The number of hydrogen-bond acceptors (Lipinski definition) is 6. The molecule has 2 N–H and O–H groups in total. The van der Waals surface area contributed by atoms with Crippen molar-refractivity contribution in [2.45, 2.75) is 24.2 Å². The van der Waals surface area contributed by atoms with Crippen molar-refractivity contribution in [3.63, 3.8) is 0 Å². The molecular weight excluding hydrogens is 618 g/mol. The minimum atomic E-state index is -5.33. The number of nitrogens with zero attached hydrogens (tertiary/aromatic N) is 1. The van der Waals surface area contributed by atoms with Crippen LogP contribution in [0.4, 0.5) is 37.7 Å². The van der Waals surface area contributed by atoms with Gasteiger partial charge in [-0.05, 0) is 58.6 Å². The monoisotopic (exact) mass is 636 g/mol. The molecule has 2 aliphatic rings. The van der Waals surface area contributed by atoms with Gasteiger partial charge in [-0.25, -0.2) is 9.69 Å². The predicted molar refractivity (Wildman–Crippen MR) is 153 cm³/mol. The van der Waals surface area contributed by atoms with Gasteiger partial charge in [0.25, 0.3) is 17.4 Å². The molecule has 0 fully saturated rings. The summed E-state index contributed by atoms with van der Waals surface area (Å²) < 4.78 is 90.5. The fourth-order valence-corrected chi connectivity index (χ4v) is 6.17. The van der Waals surface area contributed by atoms with E-state index in [9.17, 15) is 32.7 Å². The number of rotatable bonds is 3. The number of alkyl halides is 6. The number of benzene rings is 5. The van der Waals surface area contributed by atoms with Gasteiger partial charge in [0.1, 0.15) is 0 Å². The molecule has 0 saturated heterocycles. The van der Waals surface area contributed by atoms with Crippen LogP contribution in [0.5, 0.6) is 0 Å². The van der Waals surface area contributed by atoms with E-state index in [0.717, 1.165) is 30.3 Å². The van der Waals surface area contributed by atoms with Gasteiger partial charge in [0.05, 0.1) is 16.8 Å². The van der Waals surface area contributed by atoms with E-state index < -0.39 is 58.7 Å². The van der Waals surface area contributed by atoms with Crippen LogP contribution < -0.4 is 10.2 Å². The normalized spacial score (nSPS) is 19.4. The number of carbonyl (C=O) groups excluding carboxylic acids is 3. The second-order valence-corrected chi connectivity index (χ2v) is 10.8. The van der Waals surface area contributed by atoms with Gasteiger partial charge in [-0.1, -0.05) is 48.5 Å². The summed E-state index contributed by atoms with van der Waals surface area (Å²) in [6, 6.07) is 18.6. The lowest BCUT2D eigenvalue weighted by Crippen LogP contribution is -2.54. The quantitative estimate of drug-likeness (QED) is 0.124. The van der Waals surface area contributed by atoms with Gasteiger partial charge in [-0.3, -0.25) is 9.59 Å². The van der Waals surface area contributed by atoms with Crippen LogP contribution in [0.3, 0.4) is 0 Å². The SMILES string of the molecule is O=C(O[C@@]1(C(F)(F)F)c2c(ccc3ccccc23)N[C@H]1O)c1ccc2c3c(cccc13)C(=O)N(c1cccc(C(F)(F)F)c1)C2=O. The first-order valence-electron chi connectivity index (χ1n) is 13.6. The molecule has 2 aliphatic heterocycles. The topological polar surface area (TPSA) is 95.9 Å². The van der Waals surface area contributed by atoms with E-state index in [1.807, 2.05) is 0 Å².